The van der Waals surface area contributed by atoms with Crippen LogP contribution in [0.15, 0.2) is 54.6 Å². The van der Waals surface area contributed by atoms with Crippen molar-refractivity contribution in [3.05, 3.63) is 66.0 Å². The smallest absolute Gasteiger partial charge is 0.248 e. The molecule has 0 spiro atoms. The lowest BCUT2D eigenvalue weighted by Gasteiger charge is -2.33. The molecule has 0 saturated heterocycles. The van der Waals surface area contributed by atoms with E-state index >= 15 is 0 Å². The Morgan fingerprint density at radius 2 is 1.79 bits per heavy atom. The molecule has 1 aliphatic rings. The predicted octanol–water partition coefficient (Wildman–Crippen LogP) is 4.76. The van der Waals surface area contributed by atoms with Crippen LogP contribution in [0.1, 0.15) is 57.1 Å². The molecular weight excluding hydrogens is 355 g/mol. The van der Waals surface area contributed by atoms with Crippen LogP contribution in [0.2, 0.25) is 0 Å². The Morgan fingerprint density at radius 3 is 2.43 bits per heavy atom. The highest BCUT2D eigenvalue weighted by Crippen LogP contribution is 2.30. The van der Waals surface area contributed by atoms with Crippen molar-refractivity contribution >= 4 is 17.5 Å². The number of nitrogens with zero attached hydrogens (tertiary/aromatic N) is 1. The number of halogens is 1. The van der Waals surface area contributed by atoms with Crippen LogP contribution in [-0.4, -0.2) is 17.9 Å². The minimum absolute atomic E-state index is 0.124. The molecule has 1 saturated carbocycles. The molecule has 0 bridgehead atoms. The molecule has 1 atom stereocenters. The van der Waals surface area contributed by atoms with Crippen LogP contribution in [-0.2, 0) is 9.59 Å². The minimum atomic E-state index is -0.836. The third kappa shape index (κ3) is 4.77. The monoisotopic (exact) mass is 382 g/mol. The summed E-state index contributed by atoms with van der Waals surface area (Å²) in [5.74, 6) is -0.881. The van der Waals surface area contributed by atoms with Crippen molar-refractivity contribution in [2.75, 3.05) is 4.90 Å². The summed E-state index contributed by atoms with van der Waals surface area (Å²) in [6.45, 7) is 1.75. The number of carbonyl (C=O) groups excluding carboxylic acids is 2. The summed E-state index contributed by atoms with van der Waals surface area (Å²) in [7, 11) is 0. The highest BCUT2D eigenvalue weighted by atomic mass is 19.1. The molecule has 1 fully saturated rings. The van der Waals surface area contributed by atoms with Gasteiger partial charge in [-0.1, -0.05) is 62.6 Å². The molecule has 2 amide bonds. The van der Waals surface area contributed by atoms with Gasteiger partial charge >= 0.3 is 0 Å². The summed E-state index contributed by atoms with van der Waals surface area (Å²) in [5.41, 5.74) is 1.10. The number of hydrogen-bond acceptors (Lipinski definition) is 2. The van der Waals surface area contributed by atoms with E-state index in [9.17, 15) is 14.0 Å². The standard InChI is InChI=1S/C23H27FN2O2/c1-2-21(27)26(20-15-9-12-18(24)16-20)22(17-10-5-3-6-11-17)23(28)25-19-13-7-4-8-14-19/h3,5-6,9-12,15-16,19,22H,2,4,7-8,13-14H2,1H3,(H,25,28). The van der Waals surface area contributed by atoms with E-state index in [-0.39, 0.29) is 24.3 Å². The first-order valence-electron chi connectivity index (χ1n) is 10.0. The summed E-state index contributed by atoms with van der Waals surface area (Å²) < 4.78 is 13.9. The molecule has 148 valence electrons. The van der Waals surface area contributed by atoms with Gasteiger partial charge in [-0.25, -0.2) is 4.39 Å². The Kier molecular flexibility index (Phi) is 6.80. The largest absolute Gasteiger partial charge is 0.351 e. The van der Waals surface area contributed by atoms with Crippen molar-refractivity contribution < 1.29 is 14.0 Å². The van der Waals surface area contributed by atoms with E-state index in [0.717, 1.165) is 25.7 Å². The number of hydrogen-bond donors (Lipinski definition) is 1. The van der Waals surface area contributed by atoms with Gasteiger partial charge in [0.15, 0.2) is 0 Å². The lowest BCUT2D eigenvalue weighted by molar-refractivity contribution is -0.127. The number of amides is 2. The van der Waals surface area contributed by atoms with Crippen molar-refractivity contribution in [2.45, 2.75) is 57.5 Å². The first-order valence-corrected chi connectivity index (χ1v) is 10.0. The Labute approximate surface area is 165 Å². The Hall–Kier alpha value is -2.69. The fourth-order valence-electron chi connectivity index (χ4n) is 3.81. The molecule has 5 heteroatoms. The van der Waals surface area contributed by atoms with Crippen molar-refractivity contribution in [2.24, 2.45) is 0 Å². The zero-order valence-electron chi connectivity index (χ0n) is 16.2. The third-order valence-electron chi connectivity index (χ3n) is 5.23. The van der Waals surface area contributed by atoms with E-state index in [0.29, 0.717) is 11.3 Å². The van der Waals surface area contributed by atoms with Crippen molar-refractivity contribution in [1.82, 2.24) is 5.32 Å². The Morgan fingerprint density at radius 1 is 1.07 bits per heavy atom. The van der Waals surface area contributed by atoms with Crippen LogP contribution in [0.5, 0.6) is 0 Å². The highest BCUT2D eigenvalue weighted by molar-refractivity contribution is 6.01. The molecule has 0 aromatic heterocycles. The van der Waals surface area contributed by atoms with E-state index in [1.807, 2.05) is 30.3 Å². The maximum absolute atomic E-state index is 13.9. The molecule has 4 nitrogen and oxygen atoms in total. The fourth-order valence-corrected chi connectivity index (χ4v) is 3.81. The summed E-state index contributed by atoms with van der Waals surface area (Å²) in [5, 5.41) is 3.13. The maximum atomic E-state index is 13.9. The van der Waals surface area contributed by atoms with Crippen LogP contribution in [0.25, 0.3) is 0 Å². The second-order valence-electron chi connectivity index (χ2n) is 7.25. The zero-order valence-corrected chi connectivity index (χ0v) is 16.2. The average molecular weight is 382 g/mol. The van der Waals surface area contributed by atoms with Crippen LogP contribution >= 0.6 is 0 Å². The molecule has 0 heterocycles. The van der Waals surface area contributed by atoms with Gasteiger partial charge in [0.2, 0.25) is 11.8 Å². The SMILES string of the molecule is CCC(=O)N(c1cccc(F)c1)C(C(=O)NC1CCCCC1)c1ccccc1. The molecule has 1 N–H and O–H groups in total. The number of carbonyl (C=O) groups is 2. The molecule has 1 unspecified atom stereocenters. The molecule has 2 aromatic carbocycles. The van der Waals surface area contributed by atoms with Gasteiger partial charge in [0.1, 0.15) is 11.9 Å². The summed E-state index contributed by atoms with van der Waals surface area (Å²) in [6.07, 6.45) is 5.52. The predicted molar refractivity (Wildman–Crippen MR) is 108 cm³/mol. The van der Waals surface area contributed by atoms with E-state index in [1.165, 1.54) is 23.5 Å². The molecule has 1 aliphatic carbocycles. The van der Waals surface area contributed by atoms with Crippen LogP contribution in [0, 0.1) is 5.82 Å². The van der Waals surface area contributed by atoms with Crippen LogP contribution < -0.4 is 10.2 Å². The Bertz CT molecular complexity index is 803. The summed E-state index contributed by atoms with van der Waals surface area (Å²) >= 11 is 0. The number of rotatable bonds is 6. The summed E-state index contributed by atoms with van der Waals surface area (Å²) in [4.78, 5) is 27.6. The summed E-state index contributed by atoms with van der Waals surface area (Å²) in [6, 6.07) is 14.4. The minimum Gasteiger partial charge on any atom is -0.351 e. The highest BCUT2D eigenvalue weighted by Gasteiger charge is 2.33. The van der Waals surface area contributed by atoms with Gasteiger partial charge in [0.25, 0.3) is 0 Å². The van der Waals surface area contributed by atoms with Crippen molar-refractivity contribution in [3.63, 3.8) is 0 Å². The topological polar surface area (TPSA) is 49.4 Å². The van der Waals surface area contributed by atoms with E-state index < -0.39 is 11.9 Å². The molecular formula is C23H27FN2O2. The molecule has 3 rings (SSSR count). The van der Waals surface area contributed by atoms with E-state index in [1.54, 1.807) is 19.1 Å². The van der Waals surface area contributed by atoms with Gasteiger partial charge in [0.05, 0.1) is 0 Å². The van der Waals surface area contributed by atoms with Gasteiger partial charge in [-0.3, -0.25) is 14.5 Å². The van der Waals surface area contributed by atoms with Crippen molar-refractivity contribution in [1.29, 1.82) is 0 Å². The van der Waals surface area contributed by atoms with E-state index in [2.05, 4.69) is 5.32 Å². The van der Waals surface area contributed by atoms with Gasteiger partial charge in [0, 0.05) is 18.2 Å². The van der Waals surface area contributed by atoms with Crippen molar-refractivity contribution in [3.8, 4) is 0 Å². The first kappa shape index (κ1) is 20.1. The van der Waals surface area contributed by atoms with Crippen LogP contribution in [0.4, 0.5) is 10.1 Å². The van der Waals surface area contributed by atoms with Gasteiger partial charge < -0.3 is 5.32 Å². The lowest BCUT2D eigenvalue weighted by atomic mass is 9.94. The van der Waals surface area contributed by atoms with Gasteiger partial charge in [-0.2, -0.15) is 0 Å². The first-order chi connectivity index (χ1) is 13.6. The fraction of sp³-hybridized carbons (Fsp3) is 0.391. The quantitative estimate of drug-likeness (QED) is 0.783. The molecule has 2 aromatic rings. The number of nitrogens with one attached hydrogen (secondary N) is 1. The number of anilines is 1. The molecule has 0 aliphatic heterocycles. The van der Waals surface area contributed by atoms with Gasteiger partial charge in [-0.05, 0) is 36.6 Å². The van der Waals surface area contributed by atoms with E-state index in [4.69, 9.17) is 0 Å². The van der Waals surface area contributed by atoms with Gasteiger partial charge in [-0.15, -0.1) is 0 Å². The second-order valence-corrected chi connectivity index (χ2v) is 7.25. The Balaban J connectivity index is 1.99. The maximum Gasteiger partial charge on any atom is 0.248 e. The lowest BCUT2D eigenvalue weighted by Crippen LogP contribution is -2.47. The molecule has 28 heavy (non-hydrogen) atoms. The van der Waals surface area contributed by atoms with Crippen LogP contribution in [0.3, 0.4) is 0 Å². The molecule has 0 radical (unpaired) electrons. The average Bonchev–Trinajstić information content (AvgIpc) is 2.72. The normalized spacial score (nSPS) is 15.6. The second kappa shape index (κ2) is 9.49. The zero-order chi connectivity index (χ0) is 19.9. The third-order valence-corrected chi connectivity index (χ3v) is 5.23. The number of benzene rings is 2.